The number of nitrogens with zero attached hydrogens (tertiary/aromatic N) is 5. The number of rotatable bonds is 5. The molecule has 0 bridgehead atoms. The lowest BCUT2D eigenvalue weighted by Gasteiger charge is -2.36. The molecule has 35 heavy (non-hydrogen) atoms. The predicted octanol–water partition coefficient (Wildman–Crippen LogP) is 3.20. The summed E-state index contributed by atoms with van der Waals surface area (Å²) in [5, 5.41) is 9.74. The van der Waals surface area contributed by atoms with Gasteiger partial charge in [-0.05, 0) is 42.8 Å². The van der Waals surface area contributed by atoms with Crippen LogP contribution >= 0.6 is 0 Å². The van der Waals surface area contributed by atoms with Crippen LogP contribution in [0.3, 0.4) is 0 Å². The molecular formula is C25H25N5O4S. The second kappa shape index (κ2) is 8.76. The van der Waals surface area contributed by atoms with Gasteiger partial charge in [-0.1, -0.05) is 12.1 Å². The van der Waals surface area contributed by atoms with Crippen molar-refractivity contribution < 1.29 is 17.9 Å². The number of aryl methyl sites for hydroxylation is 1. The first-order chi connectivity index (χ1) is 16.9. The number of para-hydroxylation sites is 2. The van der Waals surface area contributed by atoms with E-state index in [0.29, 0.717) is 48.9 Å². The molecule has 0 spiro atoms. The van der Waals surface area contributed by atoms with Gasteiger partial charge in [-0.25, -0.2) is 13.4 Å². The zero-order valence-electron chi connectivity index (χ0n) is 19.7. The molecule has 0 unspecified atom stereocenters. The van der Waals surface area contributed by atoms with Crippen LogP contribution in [-0.2, 0) is 10.0 Å². The van der Waals surface area contributed by atoms with Gasteiger partial charge in [0.05, 0.1) is 35.7 Å². The fourth-order valence-electron chi connectivity index (χ4n) is 4.59. The van der Waals surface area contributed by atoms with Gasteiger partial charge in [-0.15, -0.1) is 0 Å². The van der Waals surface area contributed by atoms with Crippen molar-refractivity contribution in [3.05, 3.63) is 59.7 Å². The van der Waals surface area contributed by atoms with Crippen molar-refractivity contribution in [1.82, 2.24) is 13.7 Å². The van der Waals surface area contributed by atoms with Crippen LogP contribution in [0.5, 0.6) is 11.5 Å². The number of piperazine rings is 1. The monoisotopic (exact) mass is 491 g/mol. The first-order valence-electron chi connectivity index (χ1n) is 11.2. The largest absolute Gasteiger partial charge is 0.493 e. The number of ether oxygens (including phenoxy) is 2. The Morgan fingerprint density at radius 1 is 0.971 bits per heavy atom. The summed E-state index contributed by atoms with van der Waals surface area (Å²) in [5.74, 6) is 1.74. The number of fused-ring (bicyclic) bond motifs is 3. The maximum Gasteiger partial charge on any atom is 0.243 e. The Hall–Kier alpha value is -3.81. The van der Waals surface area contributed by atoms with Gasteiger partial charge >= 0.3 is 0 Å². The van der Waals surface area contributed by atoms with Crippen molar-refractivity contribution in [2.75, 3.05) is 45.3 Å². The van der Waals surface area contributed by atoms with E-state index in [2.05, 4.69) is 11.0 Å². The summed E-state index contributed by atoms with van der Waals surface area (Å²) in [6, 6.07) is 16.7. The topological polar surface area (TPSA) is 100 Å². The van der Waals surface area contributed by atoms with E-state index < -0.39 is 10.0 Å². The SMILES string of the molecule is COc1ccc(S(=O)(=O)N2CCN(c3cc(C)c(C#N)c4nc5ccccc5n34)CC2)cc1OC. The summed E-state index contributed by atoms with van der Waals surface area (Å²) >= 11 is 0. The van der Waals surface area contributed by atoms with Crippen LogP contribution in [0.25, 0.3) is 16.7 Å². The summed E-state index contributed by atoms with van der Waals surface area (Å²) in [7, 11) is -0.712. The van der Waals surface area contributed by atoms with Crippen LogP contribution in [0.15, 0.2) is 53.4 Å². The maximum absolute atomic E-state index is 13.3. The van der Waals surface area contributed by atoms with Crippen molar-refractivity contribution in [2.45, 2.75) is 11.8 Å². The minimum atomic E-state index is -3.70. The van der Waals surface area contributed by atoms with E-state index in [4.69, 9.17) is 14.5 Å². The number of hydrogen-bond acceptors (Lipinski definition) is 7. The van der Waals surface area contributed by atoms with Crippen LogP contribution in [0.1, 0.15) is 11.1 Å². The molecule has 4 aromatic rings. The number of anilines is 1. The van der Waals surface area contributed by atoms with E-state index in [1.54, 1.807) is 6.07 Å². The van der Waals surface area contributed by atoms with Crippen LogP contribution < -0.4 is 14.4 Å². The normalized spacial score (nSPS) is 14.9. The number of hydrogen-bond donors (Lipinski definition) is 0. The van der Waals surface area contributed by atoms with E-state index in [1.807, 2.05) is 41.7 Å². The minimum absolute atomic E-state index is 0.167. The van der Waals surface area contributed by atoms with E-state index in [1.165, 1.54) is 30.7 Å². The zero-order chi connectivity index (χ0) is 24.7. The smallest absolute Gasteiger partial charge is 0.243 e. The third-order valence-corrected chi connectivity index (χ3v) is 8.32. The molecule has 180 valence electrons. The van der Waals surface area contributed by atoms with Crippen molar-refractivity contribution in [3.63, 3.8) is 0 Å². The fraction of sp³-hybridized carbons (Fsp3) is 0.280. The highest BCUT2D eigenvalue weighted by atomic mass is 32.2. The van der Waals surface area contributed by atoms with Crippen LogP contribution in [0.4, 0.5) is 5.82 Å². The van der Waals surface area contributed by atoms with Gasteiger partial charge in [-0.2, -0.15) is 9.57 Å². The molecule has 0 saturated carbocycles. The van der Waals surface area contributed by atoms with Gasteiger partial charge in [0.2, 0.25) is 10.0 Å². The Bertz CT molecular complexity index is 1580. The van der Waals surface area contributed by atoms with Crippen molar-refractivity contribution >= 4 is 32.5 Å². The Morgan fingerprint density at radius 2 is 1.69 bits per heavy atom. The fourth-order valence-corrected chi connectivity index (χ4v) is 6.02. The molecule has 1 saturated heterocycles. The van der Waals surface area contributed by atoms with Crippen molar-refractivity contribution in [2.24, 2.45) is 0 Å². The predicted molar refractivity (Wildman–Crippen MR) is 133 cm³/mol. The van der Waals surface area contributed by atoms with E-state index in [0.717, 1.165) is 22.4 Å². The zero-order valence-corrected chi connectivity index (χ0v) is 20.5. The van der Waals surface area contributed by atoms with Gasteiger partial charge in [0, 0.05) is 32.2 Å². The van der Waals surface area contributed by atoms with E-state index in [9.17, 15) is 13.7 Å². The Balaban J connectivity index is 1.47. The molecule has 1 aliphatic heterocycles. The Morgan fingerprint density at radius 3 is 2.37 bits per heavy atom. The number of sulfonamides is 1. The number of methoxy groups -OCH3 is 2. The van der Waals surface area contributed by atoms with Crippen LogP contribution in [-0.4, -0.2) is 62.5 Å². The molecule has 2 aromatic heterocycles. The molecule has 1 aliphatic rings. The summed E-state index contributed by atoms with van der Waals surface area (Å²) in [6.45, 7) is 3.55. The van der Waals surface area contributed by atoms with Gasteiger partial charge in [0.25, 0.3) is 0 Å². The molecule has 0 N–H and O–H groups in total. The lowest BCUT2D eigenvalue weighted by Crippen LogP contribution is -2.49. The molecule has 3 heterocycles. The molecule has 0 atom stereocenters. The lowest BCUT2D eigenvalue weighted by atomic mass is 10.1. The number of aromatic nitrogens is 2. The average Bonchev–Trinajstić information content (AvgIpc) is 3.27. The molecule has 0 aliphatic carbocycles. The average molecular weight is 492 g/mol. The first kappa shape index (κ1) is 23.0. The third kappa shape index (κ3) is 3.73. The number of imidazole rings is 1. The second-order valence-corrected chi connectivity index (χ2v) is 10.3. The quantitative estimate of drug-likeness (QED) is 0.423. The second-order valence-electron chi connectivity index (χ2n) is 8.34. The highest BCUT2D eigenvalue weighted by Crippen LogP contribution is 2.32. The first-order valence-corrected chi connectivity index (χ1v) is 12.6. The summed E-state index contributed by atoms with van der Waals surface area (Å²) < 4.78 is 40.7. The molecule has 1 fully saturated rings. The molecule has 5 rings (SSSR count). The van der Waals surface area contributed by atoms with Crippen LogP contribution in [0, 0.1) is 18.3 Å². The lowest BCUT2D eigenvalue weighted by molar-refractivity contribution is 0.353. The third-order valence-electron chi connectivity index (χ3n) is 6.42. The van der Waals surface area contributed by atoms with Crippen LogP contribution in [0.2, 0.25) is 0 Å². The number of pyridine rings is 1. The highest BCUT2D eigenvalue weighted by Gasteiger charge is 2.30. The highest BCUT2D eigenvalue weighted by molar-refractivity contribution is 7.89. The summed E-state index contributed by atoms with van der Waals surface area (Å²) in [6.07, 6.45) is 0. The van der Waals surface area contributed by atoms with Gasteiger partial charge < -0.3 is 14.4 Å². The van der Waals surface area contributed by atoms with Crippen molar-refractivity contribution in [1.29, 1.82) is 5.26 Å². The molecule has 9 nitrogen and oxygen atoms in total. The molecule has 10 heteroatoms. The molecular weight excluding hydrogens is 466 g/mol. The maximum atomic E-state index is 13.3. The van der Waals surface area contributed by atoms with Crippen molar-refractivity contribution in [3.8, 4) is 17.6 Å². The summed E-state index contributed by atoms with van der Waals surface area (Å²) in [5.41, 5.74) is 3.72. The van der Waals surface area contributed by atoms with Gasteiger partial charge in [0.15, 0.2) is 17.1 Å². The number of nitriles is 1. The standard InChI is InChI=1S/C25H25N5O4S/c1-17-14-24(30-21-7-5-4-6-20(21)27-25(30)19(17)16-26)28-10-12-29(13-11-28)35(31,32)18-8-9-22(33-2)23(15-18)34-3/h4-9,14-15H,10-13H2,1-3H3. The Labute approximate surface area is 203 Å². The molecule has 2 aromatic carbocycles. The number of benzene rings is 2. The molecule has 0 amide bonds. The Kier molecular flexibility index (Phi) is 5.75. The van der Waals surface area contributed by atoms with Gasteiger partial charge in [-0.3, -0.25) is 4.40 Å². The van der Waals surface area contributed by atoms with E-state index >= 15 is 0 Å². The van der Waals surface area contributed by atoms with Gasteiger partial charge in [0.1, 0.15) is 11.9 Å². The minimum Gasteiger partial charge on any atom is -0.493 e. The summed E-state index contributed by atoms with van der Waals surface area (Å²) in [4.78, 5) is 7.03. The molecule has 0 radical (unpaired) electrons. The van der Waals surface area contributed by atoms with E-state index in [-0.39, 0.29) is 4.90 Å².